The predicted molar refractivity (Wildman–Crippen MR) is 72.7 cm³/mol. The Bertz CT molecular complexity index is 478. The highest BCUT2D eigenvalue weighted by Crippen LogP contribution is 2.25. The third-order valence-corrected chi connectivity index (χ3v) is 5.31. The van der Waals surface area contributed by atoms with Crippen molar-refractivity contribution in [2.45, 2.75) is 17.9 Å². The summed E-state index contributed by atoms with van der Waals surface area (Å²) < 4.78 is 27.1. The lowest BCUT2D eigenvalue weighted by molar-refractivity contribution is 0.571. The van der Waals surface area contributed by atoms with E-state index in [-0.39, 0.29) is 16.0 Å². The number of hydrogen-bond acceptors (Lipinski definition) is 2. The minimum absolute atomic E-state index is 0.0881. The van der Waals surface area contributed by atoms with E-state index < -0.39 is 10.0 Å². The number of halogens is 3. The van der Waals surface area contributed by atoms with Crippen LogP contribution in [0.2, 0.25) is 5.02 Å². The Labute approximate surface area is 117 Å². The summed E-state index contributed by atoms with van der Waals surface area (Å²) in [4.78, 5) is 0.0881. The van der Waals surface area contributed by atoms with Gasteiger partial charge in [0.15, 0.2) is 0 Å². The number of benzene rings is 1. The lowest BCUT2D eigenvalue weighted by Gasteiger charge is -2.12. The van der Waals surface area contributed by atoms with E-state index in [1.165, 1.54) is 6.07 Å². The van der Waals surface area contributed by atoms with Gasteiger partial charge in [0.2, 0.25) is 10.0 Å². The average Bonchev–Trinajstić information content (AvgIpc) is 2.16. The summed E-state index contributed by atoms with van der Waals surface area (Å²) in [5.74, 6) is 0. The van der Waals surface area contributed by atoms with Crippen LogP contribution >= 0.6 is 43.5 Å². The van der Waals surface area contributed by atoms with E-state index in [2.05, 4.69) is 36.6 Å². The summed E-state index contributed by atoms with van der Waals surface area (Å²) in [5, 5.41) is 0.740. The molecule has 0 fully saturated rings. The first-order valence-electron chi connectivity index (χ1n) is 4.40. The van der Waals surface area contributed by atoms with Crippen molar-refractivity contribution in [1.29, 1.82) is 0 Å². The minimum atomic E-state index is -3.55. The van der Waals surface area contributed by atoms with E-state index in [0.29, 0.717) is 5.33 Å². The van der Waals surface area contributed by atoms with Crippen LogP contribution in [0.25, 0.3) is 0 Å². The van der Waals surface area contributed by atoms with Crippen LogP contribution in [0.4, 0.5) is 0 Å². The number of alkyl halides is 1. The first-order chi connectivity index (χ1) is 7.36. The van der Waals surface area contributed by atoms with E-state index in [9.17, 15) is 8.42 Å². The Balaban J connectivity index is 3.08. The Morgan fingerprint density at radius 2 is 2.12 bits per heavy atom. The third-order valence-electron chi connectivity index (χ3n) is 1.77. The van der Waals surface area contributed by atoms with Crippen LogP contribution in [-0.4, -0.2) is 19.8 Å². The fourth-order valence-electron chi connectivity index (χ4n) is 1.05. The molecule has 0 bridgehead atoms. The second-order valence-electron chi connectivity index (χ2n) is 3.25. The third kappa shape index (κ3) is 3.70. The smallest absolute Gasteiger partial charge is 0.207 e. The molecule has 0 amide bonds. The van der Waals surface area contributed by atoms with Crippen molar-refractivity contribution in [3.8, 4) is 0 Å². The molecule has 1 aromatic carbocycles. The zero-order valence-corrected chi connectivity index (χ0v) is 13.1. The van der Waals surface area contributed by atoms with E-state index in [1.807, 2.05) is 0 Å². The van der Waals surface area contributed by atoms with Crippen LogP contribution in [-0.2, 0) is 10.0 Å². The Morgan fingerprint density at radius 1 is 1.50 bits per heavy atom. The number of rotatable bonds is 4. The molecule has 0 saturated carbocycles. The molecule has 90 valence electrons. The second kappa shape index (κ2) is 5.82. The van der Waals surface area contributed by atoms with E-state index in [0.717, 1.165) is 4.47 Å². The van der Waals surface area contributed by atoms with Crippen molar-refractivity contribution >= 4 is 53.5 Å². The lowest BCUT2D eigenvalue weighted by Crippen LogP contribution is -2.33. The van der Waals surface area contributed by atoms with Gasteiger partial charge in [-0.15, -0.1) is 0 Å². The fraction of sp³-hybridized carbons (Fsp3) is 0.333. The highest BCUT2D eigenvalue weighted by Gasteiger charge is 2.19. The zero-order valence-electron chi connectivity index (χ0n) is 8.38. The van der Waals surface area contributed by atoms with Crippen LogP contribution in [0, 0.1) is 0 Å². The van der Waals surface area contributed by atoms with Crippen LogP contribution in [0.5, 0.6) is 0 Å². The molecule has 0 radical (unpaired) electrons. The van der Waals surface area contributed by atoms with Gasteiger partial charge in [-0.3, -0.25) is 0 Å². The first-order valence-corrected chi connectivity index (χ1v) is 8.17. The van der Waals surface area contributed by atoms with Crippen LogP contribution < -0.4 is 4.72 Å². The van der Waals surface area contributed by atoms with Gasteiger partial charge in [-0.2, -0.15) is 0 Å². The Kier molecular flexibility index (Phi) is 5.25. The van der Waals surface area contributed by atoms with Crippen molar-refractivity contribution < 1.29 is 8.42 Å². The molecule has 3 nitrogen and oxygen atoms in total. The van der Waals surface area contributed by atoms with Gasteiger partial charge in [-0.25, -0.2) is 13.1 Å². The van der Waals surface area contributed by atoms with Crippen molar-refractivity contribution in [1.82, 2.24) is 4.72 Å². The Morgan fingerprint density at radius 3 is 2.62 bits per heavy atom. The Hall–Kier alpha value is 0.380. The van der Waals surface area contributed by atoms with Crippen molar-refractivity contribution in [2.24, 2.45) is 0 Å². The molecule has 1 rings (SSSR count). The summed E-state index contributed by atoms with van der Waals surface area (Å²) in [5.41, 5.74) is 0. The molecule has 16 heavy (non-hydrogen) atoms. The zero-order chi connectivity index (χ0) is 12.3. The van der Waals surface area contributed by atoms with Gasteiger partial charge in [0.05, 0.1) is 5.02 Å². The fourth-order valence-corrected chi connectivity index (χ4v) is 3.71. The van der Waals surface area contributed by atoms with Gasteiger partial charge >= 0.3 is 0 Å². The van der Waals surface area contributed by atoms with E-state index >= 15 is 0 Å². The normalized spacial score (nSPS) is 13.8. The van der Waals surface area contributed by atoms with Crippen molar-refractivity contribution in [3.05, 3.63) is 27.7 Å². The van der Waals surface area contributed by atoms with Gasteiger partial charge in [0, 0.05) is 15.8 Å². The molecule has 0 aliphatic rings. The molecule has 0 saturated heterocycles. The molecule has 1 aromatic rings. The summed E-state index contributed by atoms with van der Waals surface area (Å²) >= 11 is 12.3. The molecule has 0 heterocycles. The van der Waals surface area contributed by atoms with Crippen LogP contribution in [0.3, 0.4) is 0 Å². The summed E-state index contributed by atoms with van der Waals surface area (Å²) in [6.45, 7) is 1.76. The van der Waals surface area contributed by atoms with E-state index in [4.69, 9.17) is 11.6 Å². The van der Waals surface area contributed by atoms with Gasteiger partial charge < -0.3 is 0 Å². The van der Waals surface area contributed by atoms with Crippen molar-refractivity contribution in [2.75, 3.05) is 5.33 Å². The summed E-state index contributed by atoms with van der Waals surface area (Å²) in [6.07, 6.45) is 0. The predicted octanol–water partition coefficient (Wildman–Crippen LogP) is 3.16. The molecule has 0 spiro atoms. The van der Waals surface area contributed by atoms with E-state index in [1.54, 1.807) is 19.1 Å². The largest absolute Gasteiger partial charge is 0.242 e. The lowest BCUT2D eigenvalue weighted by atomic mass is 10.4. The van der Waals surface area contributed by atoms with Gasteiger partial charge in [0.25, 0.3) is 0 Å². The van der Waals surface area contributed by atoms with Crippen LogP contribution in [0.1, 0.15) is 6.92 Å². The van der Waals surface area contributed by atoms with Gasteiger partial charge in [-0.1, -0.05) is 43.5 Å². The summed E-state index contributed by atoms with van der Waals surface area (Å²) in [7, 11) is -3.55. The van der Waals surface area contributed by atoms with Gasteiger partial charge in [-0.05, 0) is 25.1 Å². The topological polar surface area (TPSA) is 46.2 Å². The molecule has 1 atom stereocenters. The summed E-state index contributed by atoms with van der Waals surface area (Å²) in [6, 6.07) is 4.47. The molecule has 1 N–H and O–H groups in total. The molecule has 7 heteroatoms. The maximum atomic E-state index is 11.9. The average molecular weight is 392 g/mol. The molecule has 1 unspecified atom stereocenters. The molecule has 0 aromatic heterocycles. The highest BCUT2D eigenvalue weighted by molar-refractivity contribution is 9.10. The second-order valence-corrected chi connectivity index (χ2v) is 6.90. The molecular weight excluding hydrogens is 381 g/mol. The molecule has 0 aliphatic carbocycles. The van der Waals surface area contributed by atoms with Crippen LogP contribution in [0.15, 0.2) is 27.6 Å². The SMILES string of the molecule is CC(CBr)NS(=O)(=O)c1ccc(Br)cc1Cl. The standard InChI is InChI=1S/C9H10Br2ClNO2S/c1-6(5-10)13-16(14,15)9-3-2-7(11)4-8(9)12/h2-4,6,13H,5H2,1H3. The minimum Gasteiger partial charge on any atom is -0.207 e. The first kappa shape index (κ1) is 14.4. The quantitative estimate of drug-likeness (QED) is 0.802. The number of nitrogens with one attached hydrogen (secondary N) is 1. The number of sulfonamides is 1. The highest BCUT2D eigenvalue weighted by atomic mass is 79.9. The molecule has 0 aliphatic heterocycles. The molecular formula is C9H10Br2ClNO2S. The maximum Gasteiger partial charge on any atom is 0.242 e. The monoisotopic (exact) mass is 389 g/mol. The van der Waals surface area contributed by atoms with Gasteiger partial charge in [0.1, 0.15) is 4.90 Å². The van der Waals surface area contributed by atoms with Crippen molar-refractivity contribution in [3.63, 3.8) is 0 Å². The number of hydrogen-bond donors (Lipinski definition) is 1. The maximum absolute atomic E-state index is 11.9.